The minimum atomic E-state index is 0.0821. The van der Waals surface area contributed by atoms with Crippen LogP contribution in [-0.2, 0) is 0 Å². The van der Waals surface area contributed by atoms with E-state index < -0.39 is 0 Å². The number of hydrogen-bond donors (Lipinski definition) is 0. The maximum absolute atomic E-state index is 12.5. The van der Waals surface area contributed by atoms with Crippen molar-refractivity contribution in [2.24, 2.45) is 0 Å². The fraction of sp³-hybridized carbons (Fsp3) is 0.267. The lowest BCUT2D eigenvalue weighted by atomic mass is 10.2. The number of carbonyl (C=O) groups excluding carboxylic acids is 1. The third-order valence-corrected chi connectivity index (χ3v) is 4.02. The molecule has 1 aromatic heterocycles. The third kappa shape index (κ3) is 3.21. The number of nitrogens with zero attached hydrogens (tertiary/aromatic N) is 4. The van der Waals surface area contributed by atoms with Gasteiger partial charge < -0.3 is 9.80 Å². The highest BCUT2D eigenvalue weighted by molar-refractivity contribution is 9.10. The summed E-state index contributed by atoms with van der Waals surface area (Å²) in [5.74, 6) is 0.998. The lowest BCUT2D eigenvalue weighted by Crippen LogP contribution is -2.49. The number of piperazine rings is 1. The first-order valence-corrected chi connectivity index (χ1v) is 7.59. The van der Waals surface area contributed by atoms with E-state index in [2.05, 4.69) is 30.8 Å². The lowest BCUT2D eigenvalue weighted by molar-refractivity contribution is 0.0746. The Kier molecular flexibility index (Phi) is 4.15. The summed E-state index contributed by atoms with van der Waals surface area (Å²) in [6.45, 7) is 2.98. The van der Waals surface area contributed by atoms with Gasteiger partial charge in [0.25, 0.3) is 5.91 Å². The van der Waals surface area contributed by atoms with E-state index in [-0.39, 0.29) is 5.91 Å². The normalized spacial score (nSPS) is 15.1. The number of benzene rings is 1. The van der Waals surface area contributed by atoms with Gasteiger partial charge >= 0.3 is 0 Å². The van der Waals surface area contributed by atoms with Crippen LogP contribution >= 0.6 is 15.9 Å². The summed E-state index contributed by atoms with van der Waals surface area (Å²) < 4.78 is 0.924. The van der Waals surface area contributed by atoms with Gasteiger partial charge in [-0.05, 0) is 24.3 Å². The molecule has 0 atom stereocenters. The summed E-state index contributed by atoms with van der Waals surface area (Å²) in [5, 5.41) is 0. The van der Waals surface area contributed by atoms with E-state index in [1.54, 1.807) is 12.5 Å². The Balaban J connectivity index is 1.64. The predicted molar refractivity (Wildman–Crippen MR) is 84.3 cm³/mol. The fourth-order valence-electron chi connectivity index (χ4n) is 2.41. The molecule has 1 aliphatic heterocycles. The van der Waals surface area contributed by atoms with Crippen molar-refractivity contribution in [1.82, 2.24) is 14.9 Å². The number of amides is 1. The van der Waals surface area contributed by atoms with Crippen molar-refractivity contribution in [2.45, 2.75) is 0 Å². The van der Waals surface area contributed by atoms with E-state index in [0.717, 1.165) is 28.9 Å². The van der Waals surface area contributed by atoms with Crippen LogP contribution in [0.25, 0.3) is 0 Å². The molecule has 1 fully saturated rings. The first-order valence-electron chi connectivity index (χ1n) is 6.80. The molecule has 1 aromatic carbocycles. The molecular weight excluding hydrogens is 332 g/mol. The molecule has 0 N–H and O–H groups in total. The van der Waals surface area contributed by atoms with E-state index in [1.807, 2.05) is 35.2 Å². The van der Waals surface area contributed by atoms with Crippen molar-refractivity contribution < 1.29 is 4.79 Å². The van der Waals surface area contributed by atoms with E-state index in [0.29, 0.717) is 13.1 Å². The Labute approximate surface area is 131 Å². The Morgan fingerprint density at radius 3 is 2.62 bits per heavy atom. The van der Waals surface area contributed by atoms with Crippen LogP contribution in [0.4, 0.5) is 5.82 Å². The number of rotatable bonds is 2. The average molecular weight is 347 g/mol. The van der Waals surface area contributed by atoms with Gasteiger partial charge in [0.1, 0.15) is 12.1 Å². The van der Waals surface area contributed by atoms with Crippen LogP contribution < -0.4 is 4.90 Å². The van der Waals surface area contributed by atoms with Crippen molar-refractivity contribution in [1.29, 1.82) is 0 Å². The van der Waals surface area contributed by atoms with Crippen LogP contribution in [0, 0.1) is 0 Å². The molecule has 0 bridgehead atoms. The standard InChI is InChI=1S/C15H15BrN4O/c16-13-3-1-2-12(10-13)15(21)20-8-6-19(7-9-20)14-4-5-17-11-18-14/h1-5,10-11H,6-9H2. The maximum atomic E-state index is 12.5. The van der Waals surface area contributed by atoms with Crippen LogP contribution in [0.2, 0.25) is 0 Å². The second-order valence-electron chi connectivity index (χ2n) is 4.86. The van der Waals surface area contributed by atoms with E-state index in [4.69, 9.17) is 0 Å². The monoisotopic (exact) mass is 346 g/mol. The van der Waals surface area contributed by atoms with E-state index >= 15 is 0 Å². The molecule has 0 aliphatic carbocycles. The number of hydrogen-bond acceptors (Lipinski definition) is 4. The third-order valence-electron chi connectivity index (χ3n) is 3.53. The summed E-state index contributed by atoms with van der Waals surface area (Å²) in [6.07, 6.45) is 3.29. The number of aromatic nitrogens is 2. The highest BCUT2D eigenvalue weighted by Gasteiger charge is 2.22. The molecule has 2 aromatic rings. The highest BCUT2D eigenvalue weighted by Crippen LogP contribution is 2.16. The summed E-state index contributed by atoms with van der Waals surface area (Å²) in [5.41, 5.74) is 0.722. The van der Waals surface area contributed by atoms with Gasteiger partial charge in [-0.3, -0.25) is 4.79 Å². The molecule has 0 unspecified atom stereocenters. The molecule has 1 amide bonds. The first-order chi connectivity index (χ1) is 10.2. The molecule has 1 aliphatic rings. The summed E-state index contributed by atoms with van der Waals surface area (Å²) in [6, 6.07) is 9.41. The minimum Gasteiger partial charge on any atom is -0.353 e. The van der Waals surface area contributed by atoms with Crippen LogP contribution in [0.3, 0.4) is 0 Å². The minimum absolute atomic E-state index is 0.0821. The topological polar surface area (TPSA) is 49.3 Å². The smallest absolute Gasteiger partial charge is 0.254 e. The van der Waals surface area contributed by atoms with Gasteiger partial charge in [0.05, 0.1) is 0 Å². The van der Waals surface area contributed by atoms with Crippen molar-refractivity contribution in [3.8, 4) is 0 Å². The zero-order valence-corrected chi connectivity index (χ0v) is 13.0. The Morgan fingerprint density at radius 2 is 1.95 bits per heavy atom. The highest BCUT2D eigenvalue weighted by atomic mass is 79.9. The van der Waals surface area contributed by atoms with Crippen molar-refractivity contribution >= 4 is 27.7 Å². The van der Waals surface area contributed by atoms with Gasteiger partial charge in [0.2, 0.25) is 0 Å². The fourth-order valence-corrected chi connectivity index (χ4v) is 2.81. The molecule has 0 spiro atoms. The van der Waals surface area contributed by atoms with Gasteiger partial charge in [0, 0.05) is 42.4 Å². The molecule has 2 heterocycles. The maximum Gasteiger partial charge on any atom is 0.254 e. The molecular formula is C15H15BrN4O. The van der Waals surface area contributed by atoms with E-state index in [1.165, 1.54) is 0 Å². The Hall–Kier alpha value is -1.95. The van der Waals surface area contributed by atoms with Crippen molar-refractivity contribution in [3.63, 3.8) is 0 Å². The van der Waals surface area contributed by atoms with Crippen LogP contribution in [0.1, 0.15) is 10.4 Å². The predicted octanol–water partition coefficient (Wildman–Crippen LogP) is 2.20. The zero-order chi connectivity index (χ0) is 14.7. The average Bonchev–Trinajstić information content (AvgIpc) is 2.55. The number of halogens is 1. The molecule has 1 saturated heterocycles. The lowest BCUT2D eigenvalue weighted by Gasteiger charge is -2.35. The summed E-state index contributed by atoms with van der Waals surface area (Å²) in [4.78, 5) is 24.7. The van der Waals surface area contributed by atoms with Gasteiger partial charge in [0.15, 0.2) is 0 Å². The van der Waals surface area contributed by atoms with Crippen LogP contribution in [0.5, 0.6) is 0 Å². The van der Waals surface area contributed by atoms with Gasteiger partial charge in [-0.1, -0.05) is 22.0 Å². The van der Waals surface area contributed by atoms with Crippen molar-refractivity contribution in [3.05, 3.63) is 52.9 Å². The Bertz CT molecular complexity index is 627. The first kappa shape index (κ1) is 14.0. The van der Waals surface area contributed by atoms with E-state index in [9.17, 15) is 4.79 Å². The molecule has 108 valence electrons. The van der Waals surface area contributed by atoms with Crippen LogP contribution in [-0.4, -0.2) is 47.0 Å². The quantitative estimate of drug-likeness (QED) is 0.836. The molecule has 0 saturated carbocycles. The second-order valence-corrected chi connectivity index (χ2v) is 5.77. The number of carbonyl (C=O) groups is 1. The van der Waals surface area contributed by atoms with Gasteiger partial charge in [-0.25, -0.2) is 9.97 Å². The number of anilines is 1. The van der Waals surface area contributed by atoms with Crippen molar-refractivity contribution in [2.75, 3.05) is 31.1 Å². The second kappa shape index (κ2) is 6.22. The molecule has 5 nitrogen and oxygen atoms in total. The SMILES string of the molecule is O=C(c1cccc(Br)c1)N1CCN(c2ccncn2)CC1. The van der Waals surface area contributed by atoms with Gasteiger partial charge in [-0.15, -0.1) is 0 Å². The summed E-state index contributed by atoms with van der Waals surface area (Å²) in [7, 11) is 0. The molecule has 3 rings (SSSR count). The Morgan fingerprint density at radius 1 is 1.14 bits per heavy atom. The molecule has 21 heavy (non-hydrogen) atoms. The molecule has 6 heteroatoms. The zero-order valence-electron chi connectivity index (χ0n) is 11.4. The molecule has 0 radical (unpaired) electrons. The summed E-state index contributed by atoms with van der Waals surface area (Å²) >= 11 is 3.40. The largest absolute Gasteiger partial charge is 0.353 e. The van der Waals surface area contributed by atoms with Crippen LogP contribution in [0.15, 0.2) is 47.3 Å². The van der Waals surface area contributed by atoms with Gasteiger partial charge in [-0.2, -0.15) is 0 Å².